The summed E-state index contributed by atoms with van der Waals surface area (Å²) in [6, 6.07) is 8.60. The Kier molecular flexibility index (Phi) is 7.13. The monoisotopic (exact) mass is 508 g/mol. The van der Waals surface area contributed by atoms with Gasteiger partial charge in [0.25, 0.3) is 0 Å². The third-order valence-electron chi connectivity index (χ3n) is 5.69. The summed E-state index contributed by atoms with van der Waals surface area (Å²) in [6.45, 7) is 7.64. The third-order valence-corrected chi connectivity index (χ3v) is 6.12. The maximum atomic E-state index is 13.2. The zero-order valence-corrected chi connectivity index (χ0v) is 20.5. The first-order valence-electron chi connectivity index (χ1n) is 11.1. The first-order chi connectivity index (χ1) is 16.1. The maximum Gasteiger partial charge on any atom is 0.156 e. The van der Waals surface area contributed by atoms with Gasteiger partial charge in [-0.2, -0.15) is 5.10 Å². The van der Waals surface area contributed by atoms with Gasteiger partial charge in [-0.3, -0.25) is 0 Å². The highest BCUT2D eigenvalue weighted by molar-refractivity contribution is 9.10. The average Bonchev–Trinajstić information content (AvgIpc) is 3.26. The first kappa shape index (κ1) is 23.0. The third kappa shape index (κ3) is 4.95. The fraction of sp³-hybridized carbons (Fsp3) is 0.280. The van der Waals surface area contributed by atoms with E-state index >= 15 is 0 Å². The number of aromatic nitrogens is 5. The Balaban J connectivity index is 0.00000126. The Bertz CT molecular complexity index is 1250. The van der Waals surface area contributed by atoms with Crippen molar-refractivity contribution >= 4 is 32.8 Å². The molecule has 1 unspecified atom stereocenters. The van der Waals surface area contributed by atoms with Crippen molar-refractivity contribution in [1.82, 2.24) is 24.6 Å². The van der Waals surface area contributed by atoms with Crippen LogP contribution in [0.15, 0.2) is 65.8 Å². The molecule has 0 aliphatic carbocycles. The van der Waals surface area contributed by atoms with E-state index in [4.69, 9.17) is 0 Å². The van der Waals surface area contributed by atoms with Crippen LogP contribution in [0.5, 0.6) is 0 Å². The second-order valence-electron chi connectivity index (χ2n) is 7.61. The van der Waals surface area contributed by atoms with E-state index in [0.29, 0.717) is 0 Å². The summed E-state index contributed by atoms with van der Waals surface area (Å²) in [5.41, 5.74) is 4.16. The summed E-state index contributed by atoms with van der Waals surface area (Å²) in [7, 11) is 0. The molecular formula is C25H26BrFN6. The van der Waals surface area contributed by atoms with Gasteiger partial charge >= 0.3 is 0 Å². The van der Waals surface area contributed by atoms with E-state index in [1.807, 2.05) is 43.0 Å². The Morgan fingerprint density at radius 1 is 1.03 bits per heavy atom. The van der Waals surface area contributed by atoms with Crippen LogP contribution in [-0.4, -0.2) is 37.7 Å². The maximum absolute atomic E-state index is 13.2. The van der Waals surface area contributed by atoms with Crippen LogP contribution in [0.1, 0.15) is 50.1 Å². The topological polar surface area (TPSA) is 59.2 Å². The van der Waals surface area contributed by atoms with Crippen molar-refractivity contribution in [3.8, 4) is 0 Å². The lowest BCUT2D eigenvalue weighted by atomic mass is 9.95. The molecule has 1 atom stereocenters. The molecule has 8 heteroatoms. The van der Waals surface area contributed by atoms with E-state index in [2.05, 4.69) is 53.9 Å². The number of benzene rings is 1. The molecule has 1 aliphatic rings. The molecular weight excluding hydrogens is 483 g/mol. The minimum Gasteiger partial charge on any atom is -0.351 e. The van der Waals surface area contributed by atoms with Gasteiger partial charge in [0.1, 0.15) is 17.7 Å². The summed E-state index contributed by atoms with van der Waals surface area (Å²) >= 11 is 3.50. The summed E-state index contributed by atoms with van der Waals surface area (Å²) in [5, 5.41) is 4.26. The fourth-order valence-electron chi connectivity index (χ4n) is 3.86. The van der Waals surface area contributed by atoms with Gasteiger partial charge in [0.15, 0.2) is 11.6 Å². The molecule has 0 fully saturated rings. The number of nitrogens with zero attached hydrogens (tertiary/aromatic N) is 6. The van der Waals surface area contributed by atoms with Gasteiger partial charge in [0, 0.05) is 42.1 Å². The quantitative estimate of drug-likeness (QED) is 0.343. The highest BCUT2D eigenvalue weighted by atomic mass is 79.9. The molecule has 170 valence electrons. The molecule has 0 amide bonds. The minimum atomic E-state index is -0.229. The van der Waals surface area contributed by atoms with E-state index in [1.54, 1.807) is 18.5 Å². The molecule has 3 aromatic heterocycles. The zero-order chi connectivity index (χ0) is 23.4. The Morgan fingerprint density at radius 2 is 1.76 bits per heavy atom. The molecule has 0 radical (unpaired) electrons. The van der Waals surface area contributed by atoms with Crippen molar-refractivity contribution in [3.05, 3.63) is 88.6 Å². The molecule has 0 saturated heterocycles. The van der Waals surface area contributed by atoms with E-state index in [1.165, 1.54) is 12.1 Å². The molecule has 4 aromatic rings. The number of fused-ring (bicyclic) bond motifs is 1. The van der Waals surface area contributed by atoms with Gasteiger partial charge in [0.05, 0.1) is 0 Å². The number of halogens is 2. The molecule has 0 saturated carbocycles. The second kappa shape index (κ2) is 10.2. The Labute approximate surface area is 201 Å². The number of hydrogen-bond acceptors (Lipinski definition) is 5. The molecule has 1 aromatic carbocycles. The smallest absolute Gasteiger partial charge is 0.156 e. The zero-order valence-electron chi connectivity index (χ0n) is 18.9. The van der Waals surface area contributed by atoms with Gasteiger partial charge in [-0.15, -0.1) is 0 Å². The van der Waals surface area contributed by atoms with Crippen molar-refractivity contribution in [2.45, 2.75) is 33.1 Å². The molecule has 1 aliphatic heterocycles. The van der Waals surface area contributed by atoms with Gasteiger partial charge < -0.3 is 4.90 Å². The van der Waals surface area contributed by atoms with Crippen LogP contribution < -0.4 is 4.90 Å². The molecule has 0 bridgehead atoms. The van der Waals surface area contributed by atoms with Gasteiger partial charge in [0.2, 0.25) is 0 Å². The fourth-order valence-corrected chi connectivity index (χ4v) is 4.28. The molecule has 0 N–H and O–H groups in total. The number of hydrogen-bond donors (Lipinski definition) is 0. The van der Waals surface area contributed by atoms with Crippen molar-refractivity contribution in [3.63, 3.8) is 0 Å². The second-order valence-corrected chi connectivity index (χ2v) is 8.53. The van der Waals surface area contributed by atoms with Crippen molar-refractivity contribution in [2.24, 2.45) is 0 Å². The predicted octanol–water partition coefficient (Wildman–Crippen LogP) is 5.89. The van der Waals surface area contributed by atoms with Crippen LogP contribution in [0.2, 0.25) is 0 Å². The van der Waals surface area contributed by atoms with Crippen LogP contribution in [-0.2, 0) is 0 Å². The normalized spacial score (nSPS) is 14.5. The Morgan fingerprint density at radius 3 is 2.42 bits per heavy atom. The standard InChI is InChI=1S/C23H20BrFN6.C2H6/c1-15(16-2-4-20(25)5-3-16)18-11-26-22(27-12-18)17-6-8-30(9-7-17)23-21-10-19(24)13-31(21)29-14-28-23;1-2/h2-6,10-15H,7-9H2,1H3;1-2H3. The first-order valence-corrected chi connectivity index (χ1v) is 11.9. The summed E-state index contributed by atoms with van der Waals surface area (Å²) in [5.74, 6) is 1.55. The van der Waals surface area contributed by atoms with Crippen LogP contribution in [0.4, 0.5) is 10.2 Å². The average molecular weight is 509 g/mol. The number of rotatable bonds is 4. The Hall–Kier alpha value is -3.13. The molecule has 5 rings (SSSR count). The molecule has 0 spiro atoms. The van der Waals surface area contributed by atoms with Crippen molar-refractivity contribution in [2.75, 3.05) is 18.0 Å². The summed E-state index contributed by atoms with van der Waals surface area (Å²) < 4.78 is 16.0. The lowest BCUT2D eigenvalue weighted by molar-refractivity contribution is 0.626. The van der Waals surface area contributed by atoms with E-state index in [9.17, 15) is 4.39 Å². The molecule has 6 nitrogen and oxygen atoms in total. The van der Waals surface area contributed by atoms with Crippen LogP contribution in [0.3, 0.4) is 0 Å². The van der Waals surface area contributed by atoms with E-state index < -0.39 is 0 Å². The number of anilines is 1. The largest absolute Gasteiger partial charge is 0.351 e. The van der Waals surface area contributed by atoms with Gasteiger partial charge in [-0.05, 0) is 57.2 Å². The van der Waals surface area contributed by atoms with Crippen LogP contribution in [0.25, 0.3) is 11.1 Å². The lowest BCUT2D eigenvalue weighted by Gasteiger charge is -2.27. The van der Waals surface area contributed by atoms with E-state index in [-0.39, 0.29) is 11.7 Å². The van der Waals surface area contributed by atoms with Crippen molar-refractivity contribution in [1.29, 1.82) is 0 Å². The lowest BCUT2D eigenvalue weighted by Crippen LogP contribution is -2.29. The van der Waals surface area contributed by atoms with Crippen molar-refractivity contribution < 1.29 is 4.39 Å². The van der Waals surface area contributed by atoms with Crippen LogP contribution in [0, 0.1) is 5.82 Å². The van der Waals surface area contributed by atoms with E-state index in [0.717, 1.165) is 57.8 Å². The van der Waals surface area contributed by atoms with Crippen LogP contribution >= 0.6 is 15.9 Å². The van der Waals surface area contributed by atoms with Gasteiger partial charge in [-0.25, -0.2) is 23.9 Å². The highest BCUT2D eigenvalue weighted by Gasteiger charge is 2.19. The minimum absolute atomic E-state index is 0.104. The summed E-state index contributed by atoms with van der Waals surface area (Å²) in [4.78, 5) is 15.9. The van der Waals surface area contributed by atoms with Gasteiger partial charge in [-0.1, -0.05) is 39.0 Å². The summed E-state index contributed by atoms with van der Waals surface area (Å²) in [6.07, 6.45) is 10.3. The molecule has 33 heavy (non-hydrogen) atoms. The SMILES string of the molecule is CC.CC(c1ccc(F)cc1)c1cnc(C2=CCN(c3ncnn4cc(Br)cc34)CC2)nc1. The predicted molar refractivity (Wildman–Crippen MR) is 133 cm³/mol. The molecule has 4 heterocycles. The highest BCUT2D eigenvalue weighted by Crippen LogP contribution is 2.28.